The maximum atomic E-state index is 10.4. The monoisotopic (exact) mass is 339 g/mol. The summed E-state index contributed by atoms with van der Waals surface area (Å²) < 4.78 is 0. The molecule has 0 bridgehead atoms. The van der Waals surface area contributed by atoms with Gasteiger partial charge in [0.05, 0.1) is 6.10 Å². The fourth-order valence-corrected chi connectivity index (χ4v) is 3.33. The van der Waals surface area contributed by atoms with Crippen molar-refractivity contribution >= 4 is 0 Å². The summed E-state index contributed by atoms with van der Waals surface area (Å²) in [6.45, 7) is 7.50. The number of aliphatic hydroxyl groups excluding tert-OH is 1. The Labute approximate surface area is 153 Å². The lowest BCUT2D eigenvalue weighted by Gasteiger charge is -2.20. The molecule has 0 fully saturated rings. The van der Waals surface area contributed by atoms with Gasteiger partial charge >= 0.3 is 0 Å². The van der Waals surface area contributed by atoms with Gasteiger partial charge in [-0.15, -0.1) is 0 Å². The normalized spacial score (nSPS) is 14.9. The predicted molar refractivity (Wildman–Crippen MR) is 107 cm³/mol. The van der Waals surface area contributed by atoms with E-state index >= 15 is 0 Å². The van der Waals surface area contributed by atoms with E-state index in [1.54, 1.807) is 0 Å². The van der Waals surface area contributed by atoms with Crippen LogP contribution in [0.5, 0.6) is 0 Å². The van der Waals surface area contributed by atoms with Crippen LogP contribution in [0.4, 0.5) is 0 Å². The maximum Gasteiger partial charge on any atom is 0.0940 e. The SMILES string of the molecule is CCCC(C)Cc1ccc(CCN[C@@H](C)[C@H](O)c2ccccc2)cc1. The molecule has 2 aromatic carbocycles. The lowest BCUT2D eigenvalue weighted by molar-refractivity contribution is 0.136. The summed E-state index contributed by atoms with van der Waals surface area (Å²) in [6, 6.07) is 18.9. The minimum absolute atomic E-state index is 0.0385. The lowest BCUT2D eigenvalue weighted by atomic mass is 9.96. The molecule has 2 rings (SSSR count). The zero-order valence-electron chi connectivity index (χ0n) is 15.9. The molecule has 3 atom stereocenters. The quantitative estimate of drug-likeness (QED) is 0.644. The minimum Gasteiger partial charge on any atom is -0.387 e. The number of benzene rings is 2. The van der Waals surface area contributed by atoms with Crippen LogP contribution in [-0.4, -0.2) is 17.7 Å². The van der Waals surface area contributed by atoms with E-state index in [0.29, 0.717) is 0 Å². The Morgan fingerprint density at radius 1 is 0.920 bits per heavy atom. The highest BCUT2D eigenvalue weighted by Gasteiger charge is 2.15. The summed E-state index contributed by atoms with van der Waals surface area (Å²) in [6.07, 6.45) is 4.25. The third-order valence-electron chi connectivity index (χ3n) is 4.88. The molecule has 2 N–H and O–H groups in total. The summed E-state index contributed by atoms with van der Waals surface area (Å²) >= 11 is 0. The summed E-state index contributed by atoms with van der Waals surface area (Å²) in [5.74, 6) is 0.762. The van der Waals surface area contributed by atoms with Gasteiger partial charge in [-0.05, 0) is 48.9 Å². The Hall–Kier alpha value is -1.64. The van der Waals surface area contributed by atoms with Gasteiger partial charge < -0.3 is 10.4 Å². The first-order valence-electron chi connectivity index (χ1n) is 9.64. The van der Waals surface area contributed by atoms with Gasteiger partial charge in [0.25, 0.3) is 0 Å². The molecule has 25 heavy (non-hydrogen) atoms. The third-order valence-corrected chi connectivity index (χ3v) is 4.88. The Bertz CT molecular complexity index is 593. The van der Waals surface area contributed by atoms with Crippen LogP contribution in [0.2, 0.25) is 0 Å². The third kappa shape index (κ3) is 6.64. The Morgan fingerprint density at radius 2 is 1.56 bits per heavy atom. The van der Waals surface area contributed by atoms with Crippen LogP contribution in [0.15, 0.2) is 54.6 Å². The van der Waals surface area contributed by atoms with Crippen LogP contribution >= 0.6 is 0 Å². The van der Waals surface area contributed by atoms with Crippen molar-refractivity contribution in [1.82, 2.24) is 5.32 Å². The van der Waals surface area contributed by atoms with Crippen molar-refractivity contribution in [2.75, 3.05) is 6.54 Å². The molecule has 2 aromatic rings. The number of aliphatic hydroxyl groups is 1. The van der Waals surface area contributed by atoms with Crippen molar-refractivity contribution in [3.05, 3.63) is 71.3 Å². The minimum atomic E-state index is -0.469. The molecule has 0 spiro atoms. The van der Waals surface area contributed by atoms with E-state index in [0.717, 1.165) is 24.4 Å². The van der Waals surface area contributed by atoms with E-state index < -0.39 is 6.10 Å². The average molecular weight is 340 g/mol. The van der Waals surface area contributed by atoms with Gasteiger partial charge in [0.2, 0.25) is 0 Å². The standard InChI is InChI=1S/C23H33NO/c1-4-8-18(2)17-21-13-11-20(12-14-21)15-16-24-19(3)23(25)22-9-6-5-7-10-22/h5-7,9-14,18-19,23-25H,4,8,15-17H2,1-3H3/t18?,19-,23-/m0/s1. The van der Waals surface area contributed by atoms with Crippen LogP contribution in [-0.2, 0) is 12.8 Å². The smallest absolute Gasteiger partial charge is 0.0940 e. The fraction of sp³-hybridized carbons (Fsp3) is 0.478. The molecule has 2 heteroatoms. The van der Waals surface area contributed by atoms with Gasteiger partial charge in [0.15, 0.2) is 0 Å². The second-order valence-electron chi connectivity index (χ2n) is 7.26. The van der Waals surface area contributed by atoms with Crippen molar-refractivity contribution in [3.8, 4) is 0 Å². The zero-order chi connectivity index (χ0) is 18.1. The molecule has 0 aliphatic heterocycles. The molecule has 2 nitrogen and oxygen atoms in total. The molecule has 0 aliphatic carbocycles. The Balaban J connectivity index is 1.76. The first-order valence-corrected chi connectivity index (χ1v) is 9.64. The molecular formula is C23H33NO. The van der Waals surface area contributed by atoms with Crippen LogP contribution in [0, 0.1) is 5.92 Å². The molecule has 0 saturated heterocycles. The first kappa shape index (κ1) is 19.7. The highest BCUT2D eigenvalue weighted by atomic mass is 16.3. The zero-order valence-corrected chi connectivity index (χ0v) is 15.9. The van der Waals surface area contributed by atoms with E-state index in [2.05, 4.69) is 43.4 Å². The molecule has 0 aromatic heterocycles. The molecule has 0 radical (unpaired) electrons. The van der Waals surface area contributed by atoms with Crippen molar-refractivity contribution in [2.24, 2.45) is 5.92 Å². The van der Waals surface area contributed by atoms with E-state index in [-0.39, 0.29) is 6.04 Å². The van der Waals surface area contributed by atoms with Crippen LogP contribution in [0.1, 0.15) is 56.4 Å². The average Bonchev–Trinajstić information content (AvgIpc) is 2.63. The first-order chi connectivity index (χ1) is 12.1. The summed E-state index contributed by atoms with van der Waals surface area (Å²) in [5, 5.41) is 13.8. The van der Waals surface area contributed by atoms with E-state index in [9.17, 15) is 5.11 Å². The van der Waals surface area contributed by atoms with Gasteiger partial charge in [0.1, 0.15) is 0 Å². The van der Waals surface area contributed by atoms with Crippen molar-refractivity contribution in [2.45, 2.75) is 58.6 Å². The number of hydrogen-bond donors (Lipinski definition) is 2. The van der Waals surface area contributed by atoms with E-state index in [1.807, 2.05) is 37.3 Å². The van der Waals surface area contributed by atoms with Gasteiger partial charge in [-0.2, -0.15) is 0 Å². The van der Waals surface area contributed by atoms with E-state index in [1.165, 1.54) is 30.4 Å². The molecule has 0 heterocycles. The van der Waals surface area contributed by atoms with Gasteiger partial charge in [-0.3, -0.25) is 0 Å². The van der Waals surface area contributed by atoms with Gasteiger partial charge in [-0.1, -0.05) is 81.3 Å². The second kappa shape index (κ2) is 10.4. The predicted octanol–water partition coefficient (Wildman–Crippen LogP) is 4.92. The van der Waals surface area contributed by atoms with Crippen molar-refractivity contribution in [1.29, 1.82) is 0 Å². The van der Waals surface area contributed by atoms with Crippen LogP contribution < -0.4 is 5.32 Å². The summed E-state index contributed by atoms with van der Waals surface area (Å²) in [5.41, 5.74) is 3.75. The van der Waals surface area contributed by atoms with Crippen LogP contribution in [0.25, 0.3) is 0 Å². The maximum absolute atomic E-state index is 10.4. The van der Waals surface area contributed by atoms with Crippen molar-refractivity contribution < 1.29 is 5.11 Å². The molecule has 0 saturated carbocycles. The molecule has 1 unspecified atom stereocenters. The second-order valence-corrected chi connectivity index (χ2v) is 7.26. The fourth-order valence-electron chi connectivity index (χ4n) is 3.33. The van der Waals surface area contributed by atoms with Crippen molar-refractivity contribution in [3.63, 3.8) is 0 Å². The topological polar surface area (TPSA) is 32.3 Å². The lowest BCUT2D eigenvalue weighted by Crippen LogP contribution is -2.33. The largest absolute Gasteiger partial charge is 0.387 e. The molecule has 0 amide bonds. The molecule has 0 aliphatic rings. The highest BCUT2D eigenvalue weighted by Crippen LogP contribution is 2.17. The molecule has 136 valence electrons. The molecular weight excluding hydrogens is 306 g/mol. The summed E-state index contributed by atoms with van der Waals surface area (Å²) in [7, 11) is 0. The number of hydrogen-bond acceptors (Lipinski definition) is 2. The summed E-state index contributed by atoms with van der Waals surface area (Å²) in [4.78, 5) is 0. The Kier molecular flexibility index (Phi) is 8.17. The van der Waals surface area contributed by atoms with E-state index in [4.69, 9.17) is 0 Å². The number of rotatable bonds is 10. The van der Waals surface area contributed by atoms with Gasteiger partial charge in [-0.25, -0.2) is 0 Å². The Morgan fingerprint density at radius 3 is 2.20 bits per heavy atom. The number of nitrogens with one attached hydrogen (secondary N) is 1. The van der Waals surface area contributed by atoms with Crippen LogP contribution in [0.3, 0.4) is 0 Å². The van der Waals surface area contributed by atoms with Gasteiger partial charge in [0, 0.05) is 6.04 Å². The highest BCUT2D eigenvalue weighted by molar-refractivity contribution is 5.23.